The summed E-state index contributed by atoms with van der Waals surface area (Å²) in [6, 6.07) is 0. The summed E-state index contributed by atoms with van der Waals surface area (Å²) >= 11 is 0. The van der Waals surface area contributed by atoms with Crippen molar-refractivity contribution in [2.45, 2.75) is 12.5 Å². The molecule has 0 aromatic carbocycles. The highest BCUT2D eigenvalue weighted by Crippen LogP contribution is 1.99. The molecule has 0 bridgehead atoms. The Labute approximate surface area is 86.2 Å². The maximum Gasteiger partial charge on any atom is 0.333 e. The fraction of sp³-hybridized carbons (Fsp3) is 0.750. The number of rotatable bonds is 9. The van der Waals surface area contributed by atoms with Gasteiger partial charge in [0.1, 0.15) is 0 Å². The molecule has 7 nitrogen and oxygen atoms in total. The van der Waals surface area contributed by atoms with E-state index in [1.807, 2.05) is 0 Å². The Hall–Kier alpha value is -1.18. The Balaban J connectivity index is 3.67. The largest absolute Gasteiger partial charge is 0.481 e. The van der Waals surface area contributed by atoms with Crippen LogP contribution >= 0.6 is 0 Å². The highest BCUT2D eigenvalue weighted by atomic mass is 16.5. The monoisotopic (exact) mass is 222 g/mol. The summed E-state index contributed by atoms with van der Waals surface area (Å²) in [4.78, 5) is 20.7. The van der Waals surface area contributed by atoms with Crippen molar-refractivity contribution in [1.82, 2.24) is 0 Å². The first-order valence-corrected chi connectivity index (χ1v) is 4.32. The molecule has 1 unspecified atom stereocenters. The molecule has 0 heterocycles. The van der Waals surface area contributed by atoms with Gasteiger partial charge in [0.2, 0.25) is 0 Å². The topological polar surface area (TPSA) is 113 Å². The van der Waals surface area contributed by atoms with Gasteiger partial charge in [-0.25, -0.2) is 4.79 Å². The number of aliphatic hydroxyl groups excluding tert-OH is 1. The van der Waals surface area contributed by atoms with Crippen LogP contribution in [0.25, 0.3) is 0 Å². The van der Waals surface area contributed by atoms with Gasteiger partial charge in [-0.05, 0) is 0 Å². The Morgan fingerprint density at radius 2 is 1.80 bits per heavy atom. The van der Waals surface area contributed by atoms with E-state index in [0.29, 0.717) is 0 Å². The minimum absolute atomic E-state index is 0.0236. The molecule has 7 heteroatoms. The molecule has 1 atom stereocenters. The minimum atomic E-state index is -1.36. The van der Waals surface area contributed by atoms with Crippen LogP contribution < -0.4 is 0 Å². The fourth-order valence-corrected chi connectivity index (χ4v) is 0.792. The zero-order valence-corrected chi connectivity index (χ0v) is 8.09. The maximum atomic E-state index is 10.5. The van der Waals surface area contributed by atoms with Gasteiger partial charge >= 0.3 is 11.9 Å². The molecule has 0 saturated heterocycles. The number of aliphatic hydroxyl groups is 1. The van der Waals surface area contributed by atoms with Gasteiger partial charge in [-0.2, -0.15) is 0 Å². The molecule has 0 amide bonds. The predicted octanol–water partition coefficient (Wildman–Crippen LogP) is -1.06. The molecule has 0 saturated carbocycles. The van der Waals surface area contributed by atoms with Crippen LogP contribution in [0.4, 0.5) is 0 Å². The van der Waals surface area contributed by atoms with Crippen molar-refractivity contribution in [3.8, 4) is 0 Å². The second kappa shape index (κ2) is 8.16. The minimum Gasteiger partial charge on any atom is -0.481 e. The molecule has 0 aromatic heterocycles. The summed E-state index contributed by atoms with van der Waals surface area (Å²) in [6.07, 6.45) is -1.95. The normalized spacial score (nSPS) is 12.3. The van der Waals surface area contributed by atoms with E-state index in [0.717, 1.165) is 0 Å². The van der Waals surface area contributed by atoms with Gasteiger partial charge in [-0.15, -0.1) is 0 Å². The number of aliphatic carboxylic acids is 2. The van der Waals surface area contributed by atoms with Gasteiger partial charge < -0.3 is 24.8 Å². The first-order chi connectivity index (χ1) is 7.07. The molecule has 88 valence electrons. The van der Waals surface area contributed by atoms with Gasteiger partial charge in [-0.1, -0.05) is 0 Å². The molecule has 0 aliphatic heterocycles. The summed E-state index contributed by atoms with van der Waals surface area (Å²) in [7, 11) is 0. The van der Waals surface area contributed by atoms with Crippen LogP contribution in [-0.4, -0.2) is 59.8 Å². The third kappa shape index (κ3) is 7.86. The molecule has 15 heavy (non-hydrogen) atoms. The molecule has 0 aliphatic rings. The first-order valence-electron chi connectivity index (χ1n) is 4.32. The van der Waals surface area contributed by atoms with Crippen molar-refractivity contribution in [2.75, 3.05) is 26.4 Å². The molecule has 0 fully saturated rings. The SMILES string of the molecule is O=C(O)CC(OCCOCCO)C(=O)O. The third-order valence-corrected chi connectivity index (χ3v) is 1.42. The van der Waals surface area contributed by atoms with Crippen LogP contribution in [0, 0.1) is 0 Å². The zero-order valence-electron chi connectivity index (χ0n) is 8.09. The molecule has 0 aromatic rings. The summed E-state index contributed by atoms with van der Waals surface area (Å²) in [6.45, 7) is 0.103. The molecule has 0 rings (SSSR count). The van der Waals surface area contributed by atoms with Crippen molar-refractivity contribution in [3.05, 3.63) is 0 Å². The van der Waals surface area contributed by atoms with Gasteiger partial charge in [0.25, 0.3) is 0 Å². The molecular formula is C8H14O7. The quantitative estimate of drug-likeness (QED) is 0.426. The number of carboxylic acids is 2. The average Bonchev–Trinajstić information content (AvgIpc) is 2.15. The van der Waals surface area contributed by atoms with Gasteiger partial charge in [0, 0.05) is 0 Å². The van der Waals surface area contributed by atoms with E-state index in [1.54, 1.807) is 0 Å². The third-order valence-electron chi connectivity index (χ3n) is 1.42. The predicted molar refractivity (Wildman–Crippen MR) is 47.5 cm³/mol. The van der Waals surface area contributed by atoms with Crippen molar-refractivity contribution in [3.63, 3.8) is 0 Å². The standard InChI is InChI=1S/C8H14O7/c9-1-2-14-3-4-15-6(8(12)13)5-7(10)11/h6,9H,1-5H2,(H,10,11)(H,12,13). The van der Waals surface area contributed by atoms with E-state index >= 15 is 0 Å². The molecule has 0 aliphatic carbocycles. The lowest BCUT2D eigenvalue weighted by atomic mass is 10.2. The summed E-state index contributed by atoms with van der Waals surface area (Å²) in [5.41, 5.74) is 0. The maximum absolute atomic E-state index is 10.5. The van der Waals surface area contributed by atoms with Crippen LogP contribution in [-0.2, 0) is 19.1 Å². The van der Waals surface area contributed by atoms with Crippen LogP contribution in [0.5, 0.6) is 0 Å². The van der Waals surface area contributed by atoms with Crippen molar-refractivity contribution in [1.29, 1.82) is 0 Å². The molecule has 3 N–H and O–H groups in total. The van der Waals surface area contributed by atoms with Crippen LogP contribution in [0.15, 0.2) is 0 Å². The van der Waals surface area contributed by atoms with Crippen LogP contribution in [0.3, 0.4) is 0 Å². The molecule has 0 spiro atoms. The second-order valence-corrected chi connectivity index (χ2v) is 2.63. The van der Waals surface area contributed by atoms with E-state index in [9.17, 15) is 9.59 Å². The Morgan fingerprint density at radius 3 is 2.27 bits per heavy atom. The number of hydrogen-bond acceptors (Lipinski definition) is 5. The van der Waals surface area contributed by atoms with E-state index in [2.05, 4.69) is 0 Å². The van der Waals surface area contributed by atoms with E-state index in [4.69, 9.17) is 24.8 Å². The Bertz CT molecular complexity index is 203. The molecular weight excluding hydrogens is 208 g/mol. The van der Waals surface area contributed by atoms with Crippen molar-refractivity contribution in [2.24, 2.45) is 0 Å². The van der Waals surface area contributed by atoms with Crippen LogP contribution in [0.2, 0.25) is 0 Å². The van der Waals surface area contributed by atoms with Gasteiger partial charge in [0.15, 0.2) is 6.10 Å². The van der Waals surface area contributed by atoms with E-state index in [-0.39, 0.29) is 26.4 Å². The summed E-state index contributed by atoms with van der Waals surface area (Å²) in [5, 5.41) is 25.3. The smallest absolute Gasteiger partial charge is 0.333 e. The van der Waals surface area contributed by atoms with E-state index < -0.39 is 24.5 Å². The fourth-order valence-electron chi connectivity index (χ4n) is 0.792. The highest BCUT2D eigenvalue weighted by molar-refractivity contribution is 5.79. The second-order valence-electron chi connectivity index (χ2n) is 2.63. The zero-order chi connectivity index (χ0) is 11.7. The number of carboxylic acid groups (broad SMARTS) is 2. The van der Waals surface area contributed by atoms with Crippen molar-refractivity contribution >= 4 is 11.9 Å². The summed E-state index contributed by atoms with van der Waals surface area (Å²) < 4.78 is 9.58. The Morgan fingerprint density at radius 1 is 1.13 bits per heavy atom. The van der Waals surface area contributed by atoms with Crippen molar-refractivity contribution < 1.29 is 34.4 Å². The number of ether oxygens (including phenoxy) is 2. The van der Waals surface area contributed by atoms with Crippen LogP contribution in [0.1, 0.15) is 6.42 Å². The molecule has 0 radical (unpaired) electrons. The van der Waals surface area contributed by atoms with Gasteiger partial charge in [0.05, 0.1) is 32.8 Å². The lowest BCUT2D eigenvalue weighted by Crippen LogP contribution is -2.28. The lowest BCUT2D eigenvalue weighted by Gasteiger charge is -2.11. The number of hydrogen-bond donors (Lipinski definition) is 3. The van der Waals surface area contributed by atoms with E-state index in [1.165, 1.54) is 0 Å². The average molecular weight is 222 g/mol. The summed E-state index contributed by atoms with van der Waals surface area (Å²) in [5.74, 6) is -2.56. The van der Waals surface area contributed by atoms with Gasteiger partial charge in [-0.3, -0.25) is 4.79 Å². The highest BCUT2D eigenvalue weighted by Gasteiger charge is 2.21. The number of carbonyl (C=O) groups is 2. The lowest BCUT2D eigenvalue weighted by molar-refractivity contribution is -0.157. The first kappa shape index (κ1) is 13.8. The Kier molecular flexibility index (Phi) is 7.51.